The quantitative estimate of drug-likeness (QED) is 0.849. The first-order valence-electron chi connectivity index (χ1n) is 6.25. The van der Waals surface area contributed by atoms with Crippen LogP contribution < -0.4 is 0 Å². The minimum absolute atomic E-state index is 0.262. The summed E-state index contributed by atoms with van der Waals surface area (Å²) in [5.41, 5.74) is 2.10. The minimum Gasteiger partial charge on any atom is -0.508 e. The monoisotopic (exact) mass is 244 g/mol. The number of aliphatic hydroxyl groups excluding tert-OH is 1. The number of aliphatic hydroxyl groups is 1. The molecule has 0 saturated carbocycles. The van der Waals surface area contributed by atoms with Crippen LogP contribution in [0.25, 0.3) is 0 Å². The number of aryl methyl sites for hydroxylation is 1. The standard InChI is InChI=1S/C14H16N2O2/c17-12-5-1-3-10(7-12)8-13-15-9-11-4-2-6-14(18)16(11)13/h1,3,5,7,9,14,17-18H,2,4,6,8H2. The summed E-state index contributed by atoms with van der Waals surface area (Å²) in [4.78, 5) is 4.39. The number of imidazole rings is 1. The molecular formula is C14H16N2O2. The molecule has 1 aromatic heterocycles. The molecule has 2 heterocycles. The van der Waals surface area contributed by atoms with Crippen LogP contribution in [0.3, 0.4) is 0 Å². The van der Waals surface area contributed by atoms with Crippen molar-refractivity contribution in [3.8, 4) is 5.75 Å². The van der Waals surface area contributed by atoms with Crippen molar-refractivity contribution >= 4 is 0 Å². The molecule has 0 fully saturated rings. The van der Waals surface area contributed by atoms with Crippen LogP contribution in [0.1, 0.15) is 36.2 Å². The van der Waals surface area contributed by atoms with Gasteiger partial charge in [0, 0.05) is 18.3 Å². The largest absolute Gasteiger partial charge is 0.508 e. The number of fused-ring (bicyclic) bond motifs is 1. The smallest absolute Gasteiger partial charge is 0.132 e. The fourth-order valence-electron chi connectivity index (χ4n) is 2.56. The van der Waals surface area contributed by atoms with Gasteiger partial charge in [0.1, 0.15) is 17.8 Å². The third-order valence-corrected chi connectivity index (χ3v) is 3.42. The van der Waals surface area contributed by atoms with E-state index < -0.39 is 6.23 Å². The van der Waals surface area contributed by atoms with Crippen LogP contribution in [-0.2, 0) is 12.8 Å². The molecule has 0 saturated heterocycles. The van der Waals surface area contributed by atoms with Gasteiger partial charge in [-0.1, -0.05) is 12.1 Å². The SMILES string of the molecule is Oc1cccc(Cc2ncc3n2C(O)CCC3)c1. The van der Waals surface area contributed by atoms with Gasteiger partial charge in [-0.2, -0.15) is 0 Å². The number of rotatable bonds is 2. The lowest BCUT2D eigenvalue weighted by Crippen LogP contribution is -2.19. The molecule has 1 aromatic carbocycles. The van der Waals surface area contributed by atoms with E-state index in [0.29, 0.717) is 6.42 Å². The molecule has 3 rings (SSSR count). The molecule has 1 aliphatic heterocycles. The van der Waals surface area contributed by atoms with E-state index in [1.165, 1.54) is 0 Å². The molecule has 4 nitrogen and oxygen atoms in total. The van der Waals surface area contributed by atoms with Crippen molar-refractivity contribution in [1.82, 2.24) is 9.55 Å². The van der Waals surface area contributed by atoms with E-state index in [0.717, 1.165) is 36.3 Å². The number of aromatic hydroxyl groups is 1. The summed E-state index contributed by atoms with van der Waals surface area (Å²) in [5, 5.41) is 19.5. The van der Waals surface area contributed by atoms with Crippen molar-refractivity contribution in [2.24, 2.45) is 0 Å². The highest BCUT2D eigenvalue weighted by molar-refractivity contribution is 5.29. The van der Waals surface area contributed by atoms with E-state index >= 15 is 0 Å². The Bertz CT molecular complexity index is 563. The van der Waals surface area contributed by atoms with Crippen LogP contribution in [-0.4, -0.2) is 19.8 Å². The molecule has 2 N–H and O–H groups in total. The van der Waals surface area contributed by atoms with Crippen LogP contribution in [0.2, 0.25) is 0 Å². The summed E-state index contributed by atoms with van der Waals surface area (Å²) in [5.74, 6) is 1.13. The zero-order valence-electron chi connectivity index (χ0n) is 10.1. The molecular weight excluding hydrogens is 228 g/mol. The number of phenols is 1. The maximum absolute atomic E-state index is 10.0. The van der Waals surface area contributed by atoms with Crippen molar-refractivity contribution in [2.45, 2.75) is 31.9 Å². The van der Waals surface area contributed by atoms with Crippen molar-refractivity contribution in [3.05, 3.63) is 47.5 Å². The fraction of sp³-hybridized carbons (Fsp3) is 0.357. The van der Waals surface area contributed by atoms with E-state index in [4.69, 9.17) is 0 Å². The van der Waals surface area contributed by atoms with E-state index in [2.05, 4.69) is 4.98 Å². The Hall–Kier alpha value is -1.81. The molecule has 4 heteroatoms. The van der Waals surface area contributed by atoms with Crippen molar-refractivity contribution in [3.63, 3.8) is 0 Å². The molecule has 0 aliphatic carbocycles. The summed E-state index contributed by atoms with van der Waals surface area (Å²) in [6.45, 7) is 0. The average molecular weight is 244 g/mol. The molecule has 0 amide bonds. The maximum atomic E-state index is 10.0. The highest BCUT2D eigenvalue weighted by Crippen LogP contribution is 2.26. The predicted molar refractivity (Wildman–Crippen MR) is 67.3 cm³/mol. The van der Waals surface area contributed by atoms with Gasteiger partial charge < -0.3 is 14.8 Å². The Morgan fingerprint density at radius 3 is 3.11 bits per heavy atom. The summed E-state index contributed by atoms with van der Waals surface area (Å²) in [6, 6.07) is 7.16. The Kier molecular flexibility index (Phi) is 2.80. The fourth-order valence-corrected chi connectivity index (χ4v) is 2.56. The molecule has 0 spiro atoms. The zero-order chi connectivity index (χ0) is 12.5. The molecule has 1 unspecified atom stereocenters. The number of nitrogens with zero attached hydrogens (tertiary/aromatic N) is 2. The molecule has 2 aromatic rings. The lowest BCUT2D eigenvalue weighted by Gasteiger charge is -2.22. The van der Waals surface area contributed by atoms with Gasteiger partial charge in [0.05, 0.1) is 0 Å². The maximum Gasteiger partial charge on any atom is 0.132 e. The number of aromatic nitrogens is 2. The first-order chi connectivity index (χ1) is 8.74. The molecule has 0 radical (unpaired) electrons. The summed E-state index contributed by atoms with van der Waals surface area (Å²) in [6.07, 6.45) is 4.80. The minimum atomic E-state index is -0.455. The van der Waals surface area contributed by atoms with E-state index in [-0.39, 0.29) is 5.75 Å². The molecule has 94 valence electrons. The molecule has 1 atom stereocenters. The highest BCUT2D eigenvalue weighted by Gasteiger charge is 2.21. The molecule has 0 bridgehead atoms. The number of hydrogen-bond acceptors (Lipinski definition) is 3. The summed E-state index contributed by atoms with van der Waals surface area (Å²) in [7, 11) is 0. The Morgan fingerprint density at radius 1 is 1.39 bits per heavy atom. The van der Waals surface area contributed by atoms with E-state index in [9.17, 15) is 10.2 Å². The molecule has 18 heavy (non-hydrogen) atoms. The lowest BCUT2D eigenvalue weighted by molar-refractivity contribution is 0.0762. The second kappa shape index (κ2) is 4.46. The third-order valence-electron chi connectivity index (χ3n) is 3.42. The number of hydrogen-bond donors (Lipinski definition) is 2. The van der Waals surface area contributed by atoms with Gasteiger partial charge in [0.25, 0.3) is 0 Å². The number of benzene rings is 1. The van der Waals surface area contributed by atoms with Crippen LogP contribution in [0.5, 0.6) is 5.75 Å². The topological polar surface area (TPSA) is 58.3 Å². The third kappa shape index (κ3) is 1.99. The van der Waals surface area contributed by atoms with Crippen molar-refractivity contribution in [1.29, 1.82) is 0 Å². The van der Waals surface area contributed by atoms with Crippen LogP contribution in [0, 0.1) is 0 Å². The Morgan fingerprint density at radius 2 is 2.28 bits per heavy atom. The zero-order valence-corrected chi connectivity index (χ0v) is 10.1. The second-order valence-corrected chi connectivity index (χ2v) is 4.76. The van der Waals surface area contributed by atoms with Crippen LogP contribution >= 0.6 is 0 Å². The van der Waals surface area contributed by atoms with E-state index in [1.54, 1.807) is 12.1 Å². The average Bonchev–Trinajstić information content (AvgIpc) is 2.74. The highest BCUT2D eigenvalue weighted by atomic mass is 16.3. The van der Waals surface area contributed by atoms with Gasteiger partial charge in [0.15, 0.2) is 0 Å². The van der Waals surface area contributed by atoms with Gasteiger partial charge in [-0.15, -0.1) is 0 Å². The first-order valence-corrected chi connectivity index (χ1v) is 6.25. The number of phenolic OH excluding ortho intramolecular Hbond substituents is 1. The van der Waals surface area contributed by atoms with Crippen LogP contribution in [0.4, 0.5) is 0 Å². The molecule has 1 aliphatic rings. The van der Waals surface area contributed by atoms with Crippen molar-refractivity contribution in [2.75, 3.05) is 0 Å². The first kappa shape index (κ1) is 11.3. The Balaban J connectivity index is 1.92. The predicted octanol–water partition coefficient (Wildman–Crippen LogP) is 2.01. The van der Waals surface area contributed by atoms with Gasteiger partial charge in [0.2, 0.25) is 0 Å². The van der Waals surface area contributed by atoms with Gasteiger partial charge in [-0.25, -0.2) is 4.98 Å². The Labute approximate surface area is 106 Å². The van der Waals surface area contributed by atoms with Crippen LogP contribution in [0.15, 0.2) is 30.5 Å². The van der Waals surface area contributed by atoms with Crippen molar-refractivity contribution < 1.29 is 10.2 Å². The van der Waals surface area contributed by atoms with Gasteiger partial charge >= 0.3 is 0 Å². The second-order valence-electron chi connectivity index (χ2n) is 4.76. The van der Waals surface area contributed by atoms with E-state index in [1.807, 2.05) is 22.9 Å². The van der Waals surface area contributed by atoms with Gasteiger partial charge in [-0.05, 0) is 37.0 Å². The summed E-state index contributed by atoms with van der Waals surface area (Å²) >= 11 is 0. The van der Waals surface area contributed by atoms with Gasteiger partial charge in [-0.3, -0.25) is 0 Å². The normalized spacial score (nSPS) is 18.6. The lowest BCUT2D eigenvalue weighted by atomic mass is 10.1. The summed E-state index contributed by atoms with van der Waals surface area (Å²) < 4.78 is 1.92.